The Labute approximate surface area is 216 Å². The molecule has 0 atom stereocenters. The van der Waals surface area contributed by atoms with Crippen molar-refractivity contribution < 1.29 is 27.5 Å². The van der Waals surface area contributed by atoms with E-state index in [1.54, 1.807) is 37.3 Å². The predicted octanol–water partition coefficient (Wildman–Crippen LogP) is 4.49. The minimum Gasteiger partial charge on any atom is -0.492 e. The highest BCUT2D eigenvalue weighted by atomic mass is 32.2. The third-order valence-electron chi connectivity index (χ3n) is 5.59. The number of methoxy groups -OCH3 is 1. The van der Waals surface area contributed by atoms with Gasteiger partial charge in [-0.2, -0.15) is 5.10 Å². The molecule has 0 aliphatic heterocycles. The van der Waals surface area contributed by atoms with Crippen LogP contribution in [0.3, 0.4) is 0 Å². The number of H-pyrrole nitrogens is 1. The van der Waals surface area contributed by atoms with E-state index in [1.807, 2.05) is 27.7 Å². The molecule has 1 amide bonds. The van der Waals surface area contributed by atoms with E-state index in [9.17, 15) is 18.0 Å². The first-order chi connectivity index (χ1) is 17.2. The number of hydrogen-bond acceptors (Lipinski definition) is 7. The van der Waals surface area contributed by atoms with Gasteiger partial charge >= 0.3 is 5.97 Å². The van der Waals surface area contributed by atoms with Gasteiger partial charge in [-0.15, -0.1) is 0 Å². The highest BCUT2D eigenvalue weighted by Gasteiger charge is 2.24. The number of rotatable bonds is 8. The number of nitrogens with one attached hydrogen (secondary N) is 3. The summed E-state index contributed by atoms with van der Waals surface area (Å²) in [5, 5.41) is 9.74. The van der Waals surface area contributed by atoms with Gasteiger partial charge in [0, 0.05) is 17.3 Å². The maximum Gasteiger partial charge on any atom is 0.341 e. The van der Waals surface area contributed by atoms with Gasteiger partial charge in [-0.05, 0) is 54.7 Å². The summed E-state index contributed by atoms with van der Waals surface area (Å²) in [6, 6.07) is 8.49. The van der Waals surface area contributed by atoms with Crippen LogP contribution in [0.2, 0.25) is 0 Å². The molecule has 3 rings (SSSR count). The Hall–Kier alpha value is -3.86. The smallest absolute Gasteiger partial charge is 0.341 e. The summed E-state index contributed by atoms with van der Waals surface area (Å²) in [5.74, 6) is -0.796. The Morgan fingerprint density at radius 3 is 2.38 bits per heavy atom. The van der Waals surface area contributed by atoms with Gasteiger partial charge in [0.15, 0.2) is 5.75 Å². The summed E-state index contributed by atoms with van der Waals surface area (Å²) in [6.07, 6.45) is 2.50. The molecule has 0 fully saturated rings. The van der Waals surface area contributed by atoms with E-state index in [-0.39, 0.29) is 29.0 Å². The van der Waals surface area contributed by atoms with Crippen molar-refractivity contribution in [3.8, 4) is 17.0 Å². The number of sulfonamides is 1. The number of hydrogen-bond donors (Lipinski definition) is 3. The molecule has 0 spiro atoms. The number of anilines is 2. The van der Waals surface area contributed by atoms with Crippen molar-refractivity contribution in [1.82, 2.24) is 10.2 Å². The van der Waals surface area contributed by atoms with E-state index in [4.69, 9.17) is 9.47 Å². The number of aryl methyl sites for hydroxylation is 1. The van der Waals surface area contributed by atoms with E-state index in [0.717, 1.165) is 17.4 Å². The van der Waals surface area contributed by atoms with Crippen LogP contribution in [0.4, 0.5) is 11.4 Å². The van der Waals surface area contributed by atoms with Gasteiger partial charge in [0.05, 0.1) is 31.3 Å². The van der Waals surface area contributed by atoms with E-state index in [1.165, 1.54) is 13.3 Å². The second kappa shape index (κ2) is 10.6. The van der Waals surface area contributed by atoms with Gasteiger partial charge in [-0.25, -0.2) is 13.2 Å². The number of aromatic nitrogens is 2. The zero-order valence-electron chi connectivity index (χ0n) is 22.0. The Balaban J connectivity index is 2.05. The molecule has 198 valence electrons. The van der Waals surface area contributed by atoms with Crippen molar-refractivity contribution in [3.63, 3.8) is 0 Å². The molecule has 0 aliphatic rings. The Kier molecular flexibility index (Phi) is 7.97. The summed E-state index contributed by atoms with van der Waals surface area (Å²) >= 11 is 0. The van der Waals surface area contributed by atoms with Crippen LogP contribution < -0.4 is 14.8 Å². The molecule has 1 heterocycles. The summed E-state index contributed by atoms with van der Waals surface area (Å²) in [7, 11) is -2.21. The minimum atomic E-state index is -3.61. The lowest BCUT2D eigenvalue weighted by Gasteiger charge is -2.24. The average molecular weight is 529 g/mol. The van der Waals surface area contributed by atoms with Crippen LogP contribution in [0.25, 0.3) is 11.3 Å². The number of amides is 1. The number of esters is 1. The number of carbonyl (C=O) groups excluding carboxylic acids is 2. The quantitative estimate of drug-likeness (QED) is 0.366. The first kappa shape index (κ1) is 27.7. The molecule has 37 heavy (non-hydrogen) atoms. The molecule has 1 aromatic heterocycles. The maximum atomic E-state index is 13.4. The van der Waals surface area contributed by atoms with Crippen molar-refractivity contribution in [2.75, 3.05) is 30.0 Å². The topological polar surface area (TPSA) is 139 Å². The summed E-state index contributed by atoms with van der Waals surface area (Å²) in [4.78, 5) is 25.7. The zero-order valence-corrected chi connectivity index (χ0v) is 22.8. The molecule has 0 saturated heterocycles. The van der Waals surface area contributed by atoms with Gasteiger partial charge in [0.2, 0.25) is 10.0 Å². The van der Waals surface area contributed by atoms with Crippen LogP contribution in [0.5, 0.6) is 5.75 Å². The standard InChI is InChI=1S/C26H32N4O6S/c1-8-36-25(32)19-14-27-29-22(19)18-11-16(10-9-15(18)2)24(31)28-20-12-17(26(3,4)5)13-21(23(20)35-6)30-37(7,33)34/h9-14,30H,8H2,1-7H3,(H,27,29)(H,28,31). The molecule has 11 heteroatoms. The van der Waals surface area contributed by atoms with Crippen LogP contribution in [0.1, 0.15) is 59.5 Å². The fourth-order valence-electron chi connectivity index (χ4n) is 3.72. The molecule has 0 saturated carbocycles. The lowest BCUT2D eigenvalue weighted by Crippen LogP contribution is -2.18. The van der Waals surface area contributed by atoms with Crippen LogP contribution in [0, 0.1) is 6.92 Å². The van der Waals surface area contributed by atoms with Gasteiger partial charge in [0.1, 0.15) is 11.3 Å². The second-order valence-electron chi connectivity index (χ2n) is 9.58. The van der Waals surface area contributed by atoms with Crippen molar-refractivity contribution in [2.45, 2.75) is 40.0 Å². The Morgan fingerprint density at radius 1 is 1.11 bits per heavy atom. The molecule has 0 radical (unpaired) electrons. The zero-order chi connectivity index (χ0) is 27.5. The van der Waals surface area contributed by atoms with Crippen molar-refractivity contribution >= 4 is 33.3 Å². The van der Waals surface area contributed by atoms with Crippen LogP contribution in [-0.2, 0) is 20.2 Å². The number of nitrogens with zero attached hydrogens (tertiary/aromatic N) is 1. The van der Waals surface area contributed by atoms with Gasteiger partial charge in [0.25, 0.3) is 5.91 Å². The lowest BCUT2D eigenvalue weighted by atomic mass is 9.86. The third-order valence-corrected chi connectivity index (χ3v) is 6.18. The van der Waals surface area contributed by atoms with Crippen molar-refractivity contribution in [1.29, 1.82) is 0 Å². The second-order valence-corrected chi connectivity index (χ2v) is 11.3. The van der Waals surface area contributed by atoms with Crippen LogP contribution in [-0.4, -0.2) is 50.5 Å². The molecule has 3 N–H and O–H groups in total. The van der Waals surface area contributed by atoms with Gasteiger partial charge in [-0.3, -0.25) is 14.6 Å². The van der Waals surface area contributed by atoms with Crippen molar-refractivity contribution in [2.24, 2.45) is 0 Å². The van der Waals surface area contributed by atoms with Crippen LogP contribution in [0.15, 0.2) is 36.5 Å². The van der Waals surface area contributed by atoms with E-state index in [2.05, 4.69) is 20.2 Å². The number of carbonyl (C=O) groups is 2. The summed E-state index contributed by atoms with van der Waals surface area (Å²) in [5.41, 5.74) is 3.30. The SMILES string of the molecule is CCOC(=O)c1c[nH]nc1-c1cc(C(=O)Nc2cc(C(C)(C)C)cc(NS(C)(=O)=O)c2OC)ccc1C. The molecule has 2 aromatic carbocycles. The summed E-state index contributed by atoms with van der Waals surface area (Å²) in [6.45, 7) is 9.70. The van der Waals surface area contributed by atoms with Gasteiger partial charge < -0.3 is 14.8 Å². The van der Waals surface area contributed by atoms with E-state index in [0.29, 0.717) is 22.5 Å². The minimum absolute atomic E-state index is 0.177. The molecular weight excluding hydrogens is 496 g/mol. The number of benzene rings is 2. The maximum absolute atomic E-state index is 13.4. The van der Waals surface area contributed by atoms with E-state index >= 15 is 0 Å². The molecule has 0 unspecified atom stereocenters. The first-order valence-electron chi connectivity index (χ1n) is 11.6. The monoisotopic (exact) mass is 528 g/mol. The molecule has 10 nitrogen and oxygen atoms in total. The van der Waals surface area contributed by atoms with E-state index < -0.39 is 21.9 Å². The first-order valence-corrected chi connectivity index (χ1v) is 13.5. The lowest BCUT2D eigenvalue weighted by molar-refractivity contribution is 0.0527. The third kappa shape index (κ3) is 6.48. The highest BCUT2D eigenvalue weighted by Crippen LogP contribution is 2.39. The van der Waals surface area contributed by atoms with Crippen LogP contribution >= 0.6 is 0 Å². The normalized spacial score (nSPS) is 11.6. The van der Waals surface area contributed by atoms with Crippen molar-refractivity contribution in [3.05, 3.63) is 58.8 Å². The largest absolute Gasteiger partial charge is 0.492 e. The number of ether oxygens (including phenoxy) is 2. The Bertz CT molecular complexity index is 1440. The van der Waals surface area contributed by atoms with Gasteiger partial charge in [-0.1, -0.05) is 26.8 Å². The predicted molar refractivity (Wildman–Crippen MR) is 143 cm³/mol. The molecular formula is C26H32N4O6S. The molecule has 3 aromatic rings. The average Bonchev–Trinajstić information content (AvgIpc) is 3.27. The Morgan fingerprint density at radius 2 is 1.78 bits per heavy atom. The molecule has 0 bridgehead atoms. The number of aromatic amines is 1. The fourth-order valence-corrected chi connectivity index (χ4v) is 4.27. The highest BCUT2D eigenvalue weighted by molar-refractivity contribution is 7.92. The molecule has 0 aliphatic carbocycles. The summed E-state index contributed by atoms with van der Waals surface area (Å²) < 4.78 is 37.0. The fraction of sp³-hybridized carbons (Fsp3) is 0.346.